The van der Waals surface area contributed by atoms with Gasteiger partial charge in [-0.2, -0.15) is 4.79 Å². The van der Waals surface area contributed by atoms with E-state index < -0.39 is 5.60 Å². The Morgan fingerprint density at radius 2 is 1.88 bits per heavy atom. The summed E-state index contributed by atoms with van der Waals surface area (Å²) in [6.45, 7) is 2.70. The van der Waals surface area contributed by atoms with E-state index in [4.69, 9.17) is 4.74 Å². The summed E-state index contributed by atoms with van der Waals surface area (Å²) >= 11 is 3.44. The zero-order valence-electron chi connectivity index (χ0n) is 14.2. The van der Waals surface area contributed by atoms with Gasteiger partial charge in [-0.05, 0) is 24.6 Å². The second-order valence-corrected chi connectivity index (χ2v) is 7.44. The van der Waals surface area contributed by atoms with E-state index in [0.29, 0.717) is 19.4 Å². The smallest absolute Gasteiger partial charge is 0.408 e. The molecule has 1 saturated heterocycles. The number of aliphatic hydroxyl groups excluding tert-OH is 1. The summed E-state index contributed by atoms with van der Waals surface area (Å²) in [5.41, 5.74) is 1.33. The summed E-state index contributed by atoms with van der Waals surface area (Å²) in [5.74, 6) is 0. The standard InChI is InChI=1S/C20H22BrNO3/c1-15(16-7-9-18(21)10-8-16)22-13-11-20(12-14-23,25-19(22)24)17-5-3-2-4-6-17/h2-10,15,23H,11-14H2,1H3/p+1. The molecular weight excluding hydrogens is 382 g/mol. The van der Waals surface area contributed by atoms with Crippen LogP contribution in [-0.4, -0.2) is 24.4 Å². The van der Waals surface area contributed by atoms with Crippen LogP contribution in [0.15, 0.2) is 59.1 Å². The zero-order valence-corrected chi connectivity index (χ0v) is 15.8. The molecule has 0 aromatic heterocycles. The summed E-state index contributed by atoms with van der Waals surface area (Å²) in [6.07, 6.45) is 0.862. The normalized spacial score (nSPS) is 24.6. The highest BCUT2D eigenvalue weighted by molar-refractivity contribution is 9.10. The van der Waals surface area contributed by atoms with Crippen LogP contribution in [0.2, 0.25) is 0 Å². The molecule has 0 bridgehead atoms. The maximum atomic E-state index is 12.8. The number of rotatable bonds is 5. The van der Waals surface area contributed by atoms with Gasteiger partial charge in [-0.15, -0.1) is 0 Å². The number of quaternary nitrogens is 1. The molecule has 4 nitrogen and oxygen atoms in total. The van der Waals surface area contributed by atoms with Gasteiger partial charge in [0.05, 0.1) is 6.54 Å². The summed E-state index contributed by atoms with van der Waals surface area (Å²) in [4.78, 5) is 13.6. The number of cyclic esters (lactones) is 1. The number of nitrogens with one attached hydrogen (secondary N) is 1. The van der Waals surface area contributed by atoms with Crippen molar-refractivity contribution in [3.05, 3.63) is 70.2 Å². The minimum Gasteiger partial charge on any atom is -0.408 e. The molecule has 0 saturated carbocycles. The summed E-state index contributed by atoms with van der Waals surface area (Å²) in [6, 6.07) is 17.8. The lowest BCUT2D eigenvalue weighted by Crippen LogP contribution is -3.16. The van der Waals surface area contributed by atoms with Gasteiger partial charge in [-0.1, -0.05) is 58.4 Å². The lowest BCUT2D eigenvalue weighted by Gasteiger charge is -2.39. The molecule has 2 aromatic carbocycles. The number of carbonyl (C=O) groups excluding carboxylic acids is 1. The third kappa shape index (κ3) is 3.78. The Hall–Kier alpha value is -1.69. The van der Waals surface area contributed by atoms with Crippen LogP contribution in [0.1, 0.15) is 36.9 Å². The first-order chi connectivity index (χ1) is 12.1. The number of alkyl carbamates (subject to hydrolysis) is 2. The Morgan fingerprint density at radius 1 is 1.20 bits per heavy atom. The van der Waals surface area contributed by atoms with E-state index in [0.717, 1.165) is 20.5 Å². The SMILES string of the molecule is CC(c1ccc(Br)cc1)[NH+]1CCC(CCO)(c2ccccc2)OC1=O. The predicted octanol–water partition coefficient (Wildman–Crippen LogP) is 3.21. The van der Waals surface area contributed by atoms with E-state index in [1.54, 1.807) is 0 Å². The van der Waals surface area contributed by atoms with Crippen LogP contribution in [0.4, 0.5) is 4.79 Å². The van der Waals surface area contributed by atoms with Crippen LogP contribution >= 0.6 is 15.9 Å². The summed E-state index contributed by atoms with van der Waals surface area (Å²) in [5, 5.41) is 9.51. The molecule has 2 aromatic rings. The third-order valence-corrected chi connectivity index (χ3v) is 5.59. The van der Waals surface area contributed by atoms with Gasteiger partial charge in [0.2, 0.25) is 0 Å². The van der Waals surface area contributed by atoms with Gasteiger partial charge >= 0.3 is 6.09 Å². The number of ether oxygens (including phenoxy) is 1. The Balaban J connectivity index is 1.81. The molecule has 3 rings (SSSR count). The van der Waals surface area contributed by atoms with Gasteiger partial charge in [-0.25, -0.2) is 4.90 Å². The number of halogens is 1. The Labute approximate surface area is 156 Å². The van der Waals surface area contributed by atoms with E-state index in [2.05, 4.69) is 15.9 Å². The zero-order chi connectivity index (χ0) is 17.9. The van der Waals surface area contributed by atoms with Crippen molar-refractivity contribution in [1.29, 1.82) is 0 Å². The Kier molecular flexibility index (Phi) is 5.57. The van der Waals surface area contributed by atoms with Crippen LogP contribution < -0.4 is 4.90 Å². The summed E-state index contributed by atoms with van der Waals surface area (Å²) in [7, 11) is 0. The van der Waals surface area contributed by atoms with Gasteiger partial charge in [0.25, 0.3) is 0 Å². The molecule has 1 amide bonds. The fraction of sp³-hybridized carbons (Fsp3) is 0.350. The van der Waals surface area contributed by atoms with Crippen LogP contribution in [0.3, 0.4) is 0 Å². The van der Waals surface area contributed by atoms with Crippen LogP contribution in [0.5, 0.6) is 0 Å². The number of aliphatic hydroxyl groups is 1. The first kappa shape index (κ1) is 18.1. The van der Waals surface area contributed by atoms with E-state index in [-0.39, 0.29) is 18.7 Å². The van der Waals surface area contributed by atoms with Gasteiger partial charge in [0.15, 0.2) is 5.60 Å². The second-order valence-electron chi connectivity index (χ2n) is 6.52. The van der Waals surface area contributed by atoms with Crippen molar-refractivity contribution in [2.75, 3.05) is 13.2 Å². The minimum atomic E-state index is -0.726. The number of benzene rings is 2. The van der Waals surface area contributed by atoms with Crippen molar-refractivity contribution in [3.8, 4) is 0 Å². The highest BCUT2D eigenvalue weighted by atomic mass is 79.9. The highest BCUT2D eigenvalue weighted by Gasteiger charge is 2.46. The average molecular weight is 405 g/mol. The quantitative estimate of drug-likeness (QED) is 0.804. The van der Waals surface area contributed by atoms with E-state index in [1.807, 2.05) is 61.5 Å². The van der Waals surface area contributed by atoms with E-state index in [9.17, 15) is 9.90 Å². The molecule has 5 heteroatoms. The molecule has 25 heavy (non-hydrogen) atoms. The molecule has 132 valence electrons. The van der Waals surface area contributed by atoms with E-state index >= 15 is 0 Å². The second kappa shape index (κ2) is 7.68. The monoisotopic (exact) mass is 404 g/mol. The number of carbonyl (C=O) groups is 1. The van der Waals surface area contributed by atoms with E-state index in [1.165, 1.54) is 0 Å². The minimum absolute atomic E-state index is 0.0141. The molecule has 1 aliphatic rings. The van der Waals surface area contributed by atoms with Crippen molar-refractivity contribution < 1.29 is 19.5 Å². The van der Waals surface area contributed by atoms with Gasteiger partial charge < -0.3 is 9.84 Å². The Morgan fingerprint density at radius 3 is 2.48 bits per heavy atom. The van der Waals surface area contributed by atoms with Crippen LogP contribution in [0, 0.1) is 0 Å². The highest BCUT2D eigenvalue weighted by Crippen LogP contribution is 2.34. The fourth-order valence-electron chi connectivity index (χ4n) is 3.52. The molecule has 0 radical (unpaired) electrons. The molecule has 0 spiro atoms. The number of hydrogen-bond donors (Lipinski definition) is 2. The average Bonchev–Trinajstić information content (AvgIpc) is 2.63. The van der Waals surface area contributed by atoms with Crippen molar-refractivity contribution in [2.24, 2.45) is 0 Å². The molecule has 1 fully saturated rings. The first-order valence-corrected chi connectivity index (χ1v) is 9.36. The molecule has 1 heterocycles. The number of amides is 1. The van der Waals surface area contributed by atoms with Gasteiger partial charge in [0.1, 0.15) is 6.04 Å². The number of hydrogen-bond acceptors (Lipinski definition) is 3. The molecule has 3 unspecified atom stereocenters. The molecule has 2 N–H and O–H groups in total. The van der Waals surface area contributed by atoms with Gasteiger partial charge in [-0.3, -0.25) is 0 Å². The predicted molar refractivity (Wildman–Crippen MR) is 99.3 cm³/mol. The van der Waals surface area contributed by atoms with Crippen molar-refractivity contribution in [1.82, 2.24) is 0 Å². The maximum absolute atomic E-state index is 12.8. The summed E-state index contributed by atoms with van der Waals surface area (Å²) < 4.78 is 6.95. The van der Waals surface area contributed by atoms with Crippen LogP contribution in [0.25, 0.3) is 0 Å². The maximum Gasteiger partial charge on any atom is 0.515 e. The van der Waals surface area contributed by atoms with Crippen molar-refractivity contribution in [2.45, 2.75) is 31.4 Å². The third-order valence-electron chi connectivity index (χ3n) is 5.06. The Bertz CT molecular complexity index is 719. The largest absolute Gasteiger partial charge is 0.515 e. The molecule has 1 aliphatic heterocycles. The van der Waals surface area contributed by atoms with Crippen molar-refractivity contribution >= 4 is 22.0 Å². The fourth-order valence-corrected chi connectivity index (χ4v) is 3.79. The molecule has 3 atom stereocenters. The lowest BCUT2D eigenvalue weighted by atomic mass is 9.85. The first-order valence-electron chi connectivity index (χ1n) is 8.56. The van der Waals surface area contributed by atoms with Gasteiger partial charge in [0, 0.05) is 29.5 Å². The van der Waals surface area contributed by atoms with Crippen LogP contribution in [-0.2, 0) is 10.3 Å². The molecule has 0 aliphatic carbocycles. The lowest BCUT2D eigenvalue weighted by molar-refractivity contribution is -0.865. The topological polar surface area (TPSA) is 51.0 Å². The molecular formula is C20H23BrNO3+. The van der Waals surface area contributed by atoms with Crippen molar-refractivity contribution in [3.63, 3.8) is 0 Å².